The van der Waals surface area contributed by atoms with Gasteiger partial charge in [-0.1, -0.05) is 13.8 Å². The highest BCUT2D eigenvalue weighted by Gasteiger charge is 2.26. The van der Waals surface area contributed by atoms with Crippen molar-refractivity contribution in [2.75, 3.05) is 5.32 Å². The lowest BCUT2D eigenvalue weighted by atomic mass is 9.80. The van der Waals surface area contributed by atoms with E-state index in [1.54, 1.807) is 0 Å². The Morgan fingerprint density at radius 1 is 1.32 bits per heavy atom. The number of nitrogens with zero attached hydrogens (tertiary/aromatic N) is 2. The van der Waals surface area contributed by atoms with Gasteiger partial charge in [-0.2, -0.15) is 5.26 Å². The van der Waals surface area contributed by atoms with Gasteiger partial charge in [-0.25, -0.2) is 4.98 Å². The summed E-state index contributed by atoms with van der Waals surface area (Å²) in [5.74, 6) is 2.22. The molecular formula is C16H23N3. The van der Waals surface area contributed by atoms with Crippen LogP contribution < -0.4 is 5.32 Å². The first kappa shape index (κ1) is 13.9. The van der Waals surface area contributed by atoms with Crippen molar-refractivity contribution < 1.29 is 0 Å². The third-order valence-electron chi connectivity index (χ3n) is 4.21. The minimum Gasteiger partial charge on any atom is -0.366 e. The molecule has 1 aliphatic carbocycles. The number of aromatic nitrogens is 1. The van der Waals surface area contributed by atoms with Gasteiger partial charge >= 0.3 is 0 Å². The summed E-state index contributed by atoms with van der Waals surface area (Å²) in [5.41, 5.74) is 2.67. The van der Waals surface area contributed by atoms with Crippen LogP contribution in [0.4, 0.5) is 5.82 Å². The standard InChI is InChI=1S/C16H23N3/c1-10-5-6-15(12(3)7-10)19-16-14(9-17)11(2)8-13(4)18-16/h8,10,12,15H,5-7H2,1-4H3,(H,18,19). The summed E-state index contributed by atoms with van der Waals surface area (Å²) >= 11 is 0. The summed E-state index contributed by atoms with van der Waals surface area (Å²) < 4.78 is 0. The van der Waals surface area contributed by atoms with Crippen molar-refractivity contribution >= 4 is 5.82 Å². The number of pyridine rings is 1. The van der Waals surface area contributed by atoms with Crippen LogP contribution in [0.25, 0.3) is 0 Å². The first-order chi connectivity index (χ1) is 9.01. The van der Waals surface area contributed by atoms with Crippen LogP contribution in [0.2, 0.25) is 0 Å². The second kappa shape index (κ2) is 5.61. The lowest BCUT2D eigenvalue weighted by Gasteiger charge is -2.33. The molecule has 1 N–H and O–H groups in total. The lowest BCUT2D eigenvalue weighted by molar-refractivity contribution is 0.276. The van der Waals surface area contributed by atoms with Crippen LogP contribution in [-0.2, 0) is 0 Å². The SMILES string of the molecule is Cc1cc(C)c(C#N)c(NC2CCC(C)CC2C)n1. The molecule has 1 aromatic heterocycles. The average Bonchev–Trinajstić information content (AvgIpc) is 2.32. The molecule has 0 radical (unpaired) electrons. The molecule has 0 aromatic carbocycles. The molecule has 19 heavy (non-hydrogen) atoms. The Labute approximate surface area is 116 Å². The van der Waals surface area contributed by atoms with Crippen LogP contribution in [-0.4, -0.2) is 11.0 Å². The summed E-state index contributed by atoms with van der Waals surface area (Å²) in [6.07, 6.45) is 3.68. The van der Waals surface area contributed by atoms with E-state index < -0.39 is 0 Å². The maximum absolute atomic E-state index is 9.30. The van der Waals surface area contributed by atoms with Crippen LogP contribution in [0, 0.1) is 37.0 Å². The summed E-state index contributed by atoms with van der Waals surface area (Å²) in [4.78, 5) is 4.52. The number of nitrogens with one attached hydrogen (secondary N) is 1. The van der Waals surface area contributed by atoms with Gasteiger partial charge in [0.05, 0.1) is 5.56 Å². The van der Waals surface area contributed by atoms with E-state index in [0.717, 1.165) is 23.0 Å². The lowest BCUT2D eigenvalue weighted by Crippen LogP contribution is -2.33. The average molecular weight is 257 g/mol. The Bertz CT molecular complexity index is 501. The topological polar surface area (TPSA) is 48.7 Å². The Hall–Kier alpha value is -1.56. The fraction of sp³-hybridized carbons (Fsp3) is 0.625. The molecule has 3 nitrogen and oxygen atoms in total. The second-order valence-corrected chi connectivity index (χ2v) is 6.06. The maximum Gasteiger partial charge on any atom is 0.144 e. The van der Waals surface area contributed by atoms with E-state index in [4.69, 9.17) is 0 Å². The minimum absolute atomic E-state index is 0.442. The van der Waals surface area contributed by atoms with E-state index in [1.165, 1.54) is 19.3 Å². The first-order valence-corrected chi connectivity index (χ1v) is 7.16. The third-order valence-corrected chi connectivity index (χ3v) is 4.21. The van der Waals surface area contributed by atoms with Crippen molar-refractivity contribution in [2.24, 2.45) is 11.8 Å². The molecule has 1 aromatic rings. The summed E-state index contributed by atoms with van der Waals surface area (Å²) in [6.45, 7) is 8.57. The Morgan fingerprint density at radius 2 is 2.05 bits per heavy atom. The minimum atomic E-state index is 0.442. The molecule has 0 saturated heterocycles. The van der Waals surface area contributed by atoms with Crippen LogP contribution in [0.1, 0.15) is 49.9 Å². The van der Waals surface area contributed by atoms with Crippen molar-refractivity contribution in [2.45, 2.75) is 53.0 Å². The highest BCUT2D eigenvalue weighted by Crippen LogP contribution is 2.31. The van der Waals surface area contributed by atoms with Crippen LogP contribution >= 0.6 is 0 Å². The number of aryl methyl sites for hydroxylation is 2. The Balaban J connectivity index is 2.22. The molecule has 3 heteroatoms. The molecule has 0 spiro atoms. The van der Waals surface area contributed by atoms with Gasteiger partial charge in [0.2, 0.25) is 0 Å². The fourth-order valence-corrected chi connectivity index (χ4v) is 3.14. The predicted molar refractivity (Wildman–Crippen MR) is 78.0 cm³/mol. The normalized spacial score (nSPS) is 26.8. The maximum atomic E-state index is 9.30. The van der Waals surface area contributed by atoms with Gasteiger partial charge in [-0.15, -0.1) is 0 Å². The molecule has 1 aliphatic rings. The second-order valence-electron chi connectivity index (χ2n) is 6.06. The zero-order chi connectivity index (χ0) is 14.0. The quantitative estimate of drug-likeness (QED) is 0.876. The molecule has 102 valence electrons. The van der Waals surface area contributed by atoms with Crippen molar-refractivity contribution in [3.8, 4) is 6.07 Å². The van der Waals surface area contributed by atoms with Crippen molar-refractivity contribution in [3.63, 3.8) is 0 Å². The van der Waals surface area contributed by atoms with Gasteiger partial charge in [0.25, 0.3) is 0 Å². The van der Waals surface area contributed by atoms with E-state index >= 15 is 0 Å². The summed E-state index contributed by atoms with van der Waals surface area (Å²) in [5, 5.41) is 12.8. The van der Waals surface area contributed by atoms with Crippen LogP contribution in [0.3, 0.4) is 0 Å². The predicted octanol–water partition coefficient (Wildman–Crippen LogP) is 3.81. The smallest absolute Gasteiger partial charge is 0.144 e. The molecule has 3 unspecified atom stereocenters. The summed E-state index contributed by atoms with van der Waals surface area (Å²) in [6, 6.07) is 4.69. The monoisotopic (exact) mass is 257 g/mol. The van der Waals surface area contributed by atoms with E-state index in [0.29, 0.717) is 17.5 Å². The van der Waals surface area contributed by atoms with E-state index in [1.807, 2.05) is 19.9 Å². The summed E-state index contributed by atoms with van der Waals surface area (Å²) in [7, 11) is 0. The molecule has 2 rings (SSSR count). The van der Waals surface area contributed by atoms with Gasteiger partial charge in [0.1, 0.15) is 11.9 Å². The van der Waals surface area contributed by atoms with Gasteiger partial charge in [0, 0.05) is 11.7 Å². The molecule has 0 aliphatic heterocycles. The fourth-order valence-electron chi connectivity index (χ4n) is 3.14. The Kier molecular flexibility index (Phi) is 4.09. The van der Waals surface area contributed by atoms with E-state index in [2.05, 4.69) is 30.2 Å². The third kappa shape index (κ3) is 3.07. The highest BCUT2D eigenvalue weighted by molar-refractivity contribution is 5.56. The Morgan fingerprint density at radius 3 is 2.68 bits per heavy atom. The number of nitriles is 1. The molecule has 1 fully saturated rings. The molecule has 1 saturated carbocycles. The first-order valence-electron chi connectivity index (χ1n) is 7.16. The van der Waals surface area contributed by atoms with Gasteiger partial charge < -0.3 is 5.32 Å². The largest absolute Gasteiger partial charge is 0.366 e. The molecule has 0 bridgehead atoms. The van der Waals surface area contributed by atoms with Gasteiger partial charge in [-0.05, 0) is 56.6 Å². The zero-order valence-corrected chi connectivity index (χ0v) is 12.3. The van der Waals surface area contributed by atoms with E-state index in [9.17, 15) is 5.26 Å². The number of hydrogen-bond donors (Lipinski definition) is 1. The molecule has 0 amide bonds. The number of anilines is 1. The van der Waals surface area contributed by atoms with Crippen LogP contribution in [0.5, 0.6) is 0 Å². The zero-order valence-electron chi connectivity index (χ0n) is 12.3. The molecule has 3 atom stereocenters. The number of hydrogen-bond acceptors (Lipinski definition) is 3. The van der Waals surface area contributed by atoms with Crippen molar-refractivity contribution in [1.29, 1.82) is 5.26 Å². The van der Waals surface area contributed by atoms with Gasteiger partial charge in [-0.3, -0.25) is 0 Å². The van der Waals surface area contributed by atoms with Gasteiger partial charge in [0.15, 0.2) is 0 Å². The number of rotatable bonds is 2. The van der Waals surface area contributed by atoms with Crippen molar-refractivity contribution in [3.05, 3.63) is 22.9 Å². The van der Waals surface area contributed by atoms with E-state index in [-0.39, 0.29) is 0 Å². The van der Waals surface area contributed by atoms with Crippen molar-refractivity contribution in [1.82, 2.24) is 4.98 Å². The van der Waals surface area contributed by atoms with Crippen LogP contribution in [0.15, 0.2) is 6.07 Å². The molecule has 1 heterocycles. The molecular weight excluding hydrogens is 234 g/mol. The highest BCUT2D eigenvalue weighted by atomic mass is 15.0.